The Morgan fingerprint density at radius 3 is 2.85 bits per heavy atom. The fourth-order valence-electron chi connectivity index (χ4n) is 0.713. The average Bonchev–Trinajstić information content (AvgIpc) is 2.11. The van der Waals surface area contributed by atoms with Gasteiger partial charge in [-0.15, -0.1) is 0 Å². The number of carbonyl (C=O) groups is 1. The van der Waals surface area contributed by atoms with Gasteiger partial charge in [0.2, 0.25) is 0 Å². The van der Waals surface area contributed by atoms with Crippen molar-refractivity contribution >= 4 is 5.97 Å². The Morgan fingerprint density at radius 2 is 2.23 bits per heavy atom. The van der Waals surface area contributed by atoms with Crippen LogP contribution in [0.1, 0.15) is 6.92 Å². The van der Waals surface area contributed by atoms with Gasteiger partial charge < -0.3 is 19.9 Å². The van der Waals surface area contributed by atoms with Crippen LogP contribution in [0.5, 0.6) is 0 Å². The quantitative estimate of drug-likeness (QED) is 0.386. The standard InChI is InChI=1S/C8H17NO4/c1-2-13-8(11)7-9-3-5-12-6-4-10/h9-10H,2-7H2,1H3. The lowest BCUT2D eigenvalue weighted by Crippen LogP contribution is -2.28. The highest BCUT2D eigenvalue weighted by atomic mass is 16.5. The molecule has 0 unspecified atom stereocenters. The number of rotatable bonds is 8. The maximum atomic E-state index is 10.8. The molecule has 0 aliphatic rings. The fraction of sp³-hybridized carbons (Fsp3) is 0.875. The number of hydrogen-bond donors (Lipinski definition) is 2. The van der Waals surface area contributed by atoms with Crippen LogP contribution in [0.2, 0.25) is 0 Å². The molecule has 13 heavy (non-hydrogen) atoms. The van der Waals surface area contributed by atoms with Crippen LogP contribution < -0.4 is 5.32 Å². The average molecular weight is 191 g/mol. The zero-order valence-corrected chi connectivity index (χ0v) is 7.91. The Kier molecular flexibility index (Phi) is 8.97. The van der Waals surface area contributed by atoms with Crippen molar-refractivity contribution in [2.75, 3.05) is 39.5 Å². The molecule has 2 N–H and O–H groups in total. The van der Waals surface area contributed by atoms with Crippen LogP contribution in [0.15, 0.2) is 0 Å². The first kappa shape index (κ1) is 12.3. The number of aliphatic hydroxyl groups excluding tert-OH is 1. The highest BCUT2D eigenvalue weighted by Gasteiger charge is 1.98. The van der Waals surface area contributed by atoms with Crippen LogP contribution in [0.3, 0.4) is 0 Å². The Labute approximate surface area is 78.0 Å². The number of ether oxygens (including phenoxy) is 2. The van der Waals surface area contributed by atoms with Gasteiger partial charge in [-0.25, -0.2) is 0 Å². The van der Waals surface area contributed by atoms with Gasteiger partial charge in [-0.05, 0) is 6.92 Å². The van der Waals surface area contributed by atoms with Crippen LogP contribution in [0.25, 0.3) is 0 Å². The first-order valence-corrected chi connectivity index (χ1v) is 4.36. The highest BCUT2D eigenvalue weighted by molar-refractivity contribution is 5.71. The predicted molar refractivity (Wildman–Crippen MR) is 47.4 cm³/mol. The van der Waals surface area contributed by atoms with Gasteiger partial charge in [-0.2, -0.15) is 0 Å². The van der Waals surface area contributed by atoms with E-state index in [0.717, 1.165) is 0 Å². The normalized spacial score (nSPS) is 10.0. The van der Waals surface area contributed by atoms with Crippen molar-refractivity contribution in [3.05, 3.63) is 0 Å². The smallest absolute Gasteiger partial charge is 0.319 e. The molecule has 0 spiro atoms. The van der Waals surface area contributed by atoms with E-state index in [-0.39, 0.29) is 19.1 Å². The molecule has 0 heterocycles. The monoisotopic (exact) mass is 191 g/mol. The van der Waals surface area contributed by atoms with E-state index in [0.29, 0.717) is 26.4 Å². The van der Waals surface area contributed by atoms with Crippen molar-refractivity contribution in [2.24, 2.45) is 0 Å². The molecule has 0 aromatic carbocycles. The summed E-state index contributed by atoms with van der Waals surface area (Å²) in [5.74, 6) is -0.260. The molecular weight excluding hydrogens is 174 g/mol. The minimum Gasteiger partial charge on any atom is -0.465 e. The Hall–Kier alpha value is -0.650. The third kappa shape index (κ3) is 9.26. The second kappa shape index (κ2) is 9.44. The van der Waals surface area contributed by atoms with Gasteiger partial charge >= 0.3 is 5.97 Å². The second-order valence-corrected chi connectivity index (χ2v) is 2.32. The van der Waals surface area contributed by atoms with Crippen LogP contribution in [-0.4, -0.2) is 50.6 Å². The Bertz CT molecular complexity index is 129. The van der Waals surface area contributed by atoms with Crippen molar-refractivity contribution in [3.63, 3.8) is 0 Å². The van der Waals surface area contributed by atoms with Crippen molar-refractivity contribution in [1.29, 1.82) is 0 Å². The summed E-state index contributed by atoms with van der Waals surface area (Å²) >= 11 is 0. The van der Waals surface area contributed by atoms with E-state index in [4.69, 9.17) is 9.84 Å². The van der Waals surface area contributed by atoms with E-state index >= 15 is 0 Å². The molecule has 5 nitrogen and oxygen atoms in total. The molecule has 0 atom stereocenters. The van der Waals surface area contributed by atoms with Crippen molar-refractivity contribution < 1.29 is 19.4 Å². The lowest BCUT2D eigenvalue weighted by molar-refractivity contribution is -0.142. The SMILES string of the molecule is CCOC(=O)CNCCOCCO. The number of nitrogens with one attached hydrogen (secondary N) is 1. The summed E-state index contributed by atoms with van der Waals surface area (Å²) in [4.78, 5) is 10.8. The highest BCUT2D eigenvalue weighted by Crippen LogP contribution is 1.75. The number of esters is 1. The topological polar surface area (TPSA) is 67.8 Å². The zero-order valence-electron chi connectivity index (χ0n) is 7.91. The van der Waals surface area contributed by atoms with Crippen LogP contribution in [-0.2, 0) is 14.3 Å². The van der Waals surface area contributed by atoms with E-state index < -0.39 is 0 Å². The predicted octanol–water partition coefficient (Wildman–Crippen LogP) is -0.852. The van der Waals surface area contributed by atoms with E-state index in [1.165, 1.54) is 0 Å². The van der Waals surface area contributed by atoms with Gasteiger partial charge in [0.05, 0.1) is 33.0 Å². The molecule has 0 aromatic rings. The van der Waals surface area contributed by atoms with Gasteiger partial charge in [-0.3, -0.25) is 4.79 Å². The summed E-state index contributed by atoms with van der Waals surface area (Å²) in [6, 6.07) is 0. The summed E-state index contributed by atoms with van der Waals surface area (Å²) < 4.78 is 9.65. The first-order valence-electron chi connectivity index (χ1n) is 4.36. The Balaban J connectivity index is 3.02. The molecule has 0 aliphatic heterocycles. The summed E-state index contributed by atoms with van der Waals surface area (Å²) in [6.45, 7) is 3.80. The van der Waals surface area contributed by atoms with E-state index in [9.17, 15) is 4.79 Å². The molecule has 0 bridgehead atoms. The molecule has 0 amide bonds. The summed E-state index contributed by atoms with van der Waals surface area (Å²) in [5, 5.41) is 11.2. The van der Waals surface area contributed by atoms with Crippen molar-refractivity contribution in [1.82, 2.24) is 5.32 Å². The molecule has 0 saturated carbocycles. The van der Waals surface area contributed by atoms with Crippen LogP contribution >= 0.6 is 0 Å². The van der Waals surface area contributed by atoms with Crippen molar-refractivity contribution in [3.8, 4) is 0 Å². The molecule has 0 aromatic heterocycles. The van der Waals surface area contributed by atoms with Gasteiger partial charge in [0, 0.05) is 6.54 Å². The summed E-state index contributed by atoms with van der Waals surface area (Å²) in [5.41, 5.74) is 0. The molecule has 0 radical (unpaired) electrons. The third-order valence-electron chi connectivity index (χ3n) is 1.23. The van der Waals surface area contributed by atoms with Crippen LogP contribution in [0, 0.1) is 0 Å². The summed E-state index contributed by atoms with van der Waals surface area (Å²) in [6.07, 6.45) is 0. The molecule has 78 valence electrons. The molecule has 0 aliphatic carbocycles. The van der Waals surface area contributed by atoms with E-state index in [1.807, 2.05) is 0 Å². The molecular formula is C8H17NO4. The number of carbonyl (C=O) groups excluding carboxylic acids is 1. The van der Waals surface area contributed by atoms with Gasteiger partial charge in [0.25, 0.3) is 0 Å². The molecule has 0 fully saturated rings. The third-order valence-corrected chi connectivity index (χ3v) is 1.23. The molecule has 0 rings (SSSR count). The maximum absolute atomic E-state index is 10.8. The van der Waals surface area contributed by atoms with E-state index in [2.05, 4.69) is 10.1 Å². The second-order valence-electron chi connectivity index (χ2n) is 2.32. The first-order chi connectivity index (χ1) is 6.31. The minimum atomic E-state index is -0.260. The lowest BCUT2D eigenvalue weighted by Gasteiger charge is -2.04. The number of aliphatic hydroxyl groups is 1. The van der Waals surface area contributed by atoms with Gasteiger partial charge in [0.15, 0.2) is 0 Å². The Morgan fingerprint density at radius 1 is 1.46 bits per heavy atom. The van der Waals surface area contributed by atoms with Crippen molar-refractivity contribution in [2.45, 2.75) is 6.92 Å². The lowest BCUT2D eigenvalue weighted by atomic mass is 10.6. The van der Waals surface area contributed by atoms with Gasteiger partial charge in [-0.1, -0.05) is 0 Å². The summed E-state index contributed by atoms with van der Waals surface area (Å²) in [7, 11) is 0. The molecule has 0 saturated heterocycles. The largest absolute Gasteiger partial charge is 0.465 e. The number of hydrogen-bond acceptors (Lipinski definition) is 5. The zero-order chi connectivity index (χ0) is 9.94. The maximum Gasteiger partial charge on any atom is 0.319 e. The van der Waals surface area contributed by atoms with Crippen LogP contribution in [0.4, 0.5) is 0 Å². The molecule has 5 heteroatoms. The van der Waals surface area contributed by atoms with Gasteiger partial charge in [0.1, 0.15) is 0 Å². The minimum absolute atomic E-state index is 0.0257. The van der Waals surface area contributed by atoms with E-state index in [1.54, 1.807) is 6.92 Å². The fourth-order valence-corrected chi connectivity index (χ4v) is 0.713.